The molecule has 0 spiro atoms. The second-order valence-electron chi connectivity index (χ2n) is 6.50. The fourth-order valence-corrected chi connectivity index (χ4v) is 5.35. The van der Waals surface area contributed by atoms with Crippen molar-refractivity contribution in [3.05, 3.63) is 41.8 Å². The molecule has 0 radical (unpaired) electrons. The van der Waals surface area contributed by atoms with E-state index in [-0.39, 0.29) is 0 Å². The summed E-state index contributed by atoms with van der Waals surface area (Å²) in [5, 5.41) is 1.42. The Bertz CT molecular complexity index is 701. The number of benzene rings is 1. The Hall–Kier alpha value is -1.30. The van der Waals surface area contributed by atoms with Gasteiger partial charge in [0.25, 0.3) is 0 Å². The topological polar surface area (TPSA) is 38.2 Å². The minimum Gasteiger partial charge on any atom is -0.437 e. The molecule has 0 saturated carbocycles. The Morgan fingerprint density at radius 2 is 2.00 bits per heavy atom. The monoisotopic (exact) mass is 361 g/mol. The van der Waals surface area contributed by atoms with Gasteiger partial charge >= 0.3 is 0 Å². The van der Waals surface area contributed by atoms with E-state index in [0.29, 0.717) is 11.1 Å². The van der Waals surface area contributed by atoms with Gasteiger partial charge in [0.2, 0.25) is 5.88 Å². The van der Waals surface area contributed by atoms with Crippen molar-refractivity contribution in [3.8, 4) is 11.6 Å². The zero-order valence-corrected chi connectivity index (χ0v) is 15.1. The van der Waals surface area contributed by atoms with Crippen LogP contribution in [0.2, 0.25) is 5.02 Å². The molecule has 2 aliphatic rings. The molecular weight excluding hydrogens is 342 g/mol. The van der Waals surface area contributed by atoms with Crippen LogP contribution in [0.15, 0.2) is 41.7 Å². The first-order valence-electron chi connectivity index (χ1n) is 8.31. The molecule has 2 fully saturated rings. The summed E-state index contributed by atoms with van der Waals surface area (Å²) < 4.78 is 5.78. The highest BCUT2D eigenvalue weighted by Gasteiger charge is 2.38. The molecular formula is C18H20ClN3OS. The number of ether oxygens (including phenoxy) is 1. The number of thioether (sulfide) groups is 1. The summed E-state index contributed by atoms with van der Waals surface area (Å²) in [6.45, 7) is 0. The van der Waals surface area contributed by atoms with E-state index in [1.54, 1.807) is 18.6 Å². The van der Waals surface area contributed by atoms with Crippen molar-refractivity contribution in [2.24, 2.45) is 0 Å². The smallest absolute Gasteiger partial charge is 0.237 e. The van der Waals surface area contributed by atoms with Gasteiger partial charge in [0, 0.05) is 34.6 Å². The fraction of sp³-hybridized carbons (Fsp3) is 0.444. The lowest BCUT2D eigenvalue weighted by Crippen LogP contribution is -2.40. The summed E-state index contributed by atoms with van der Waals surface area (Å²) in [6, 6.07) is 7.26. The highest BCUT2D eigenvalue weighted by atomic mass is 35.5. The molecule has 1 aromatic heterocycles. The molecule has 2 bridgehead atoms. The third kappa shape index (κ3) is 3.39. The van der Waals surface area contributed by atoms with Crippen LogP contribution in [0, 0.1) is 0 Å². The van der Waals surface area contributed by atoms with Crippen molar-refractivity contribution in [2.45, 2.75) is 47.9 Å². The molecule has 1 unspecified atom stereocenters. The van der Waals surface area contributed by atoms with Gasteiger partial charge in [-0.25, -0.2) is 4.98 Å². The summed E-state index contributed by atoms with van der Waals surface area (Å²) in [4.78, 5) is 11.8. The number of aromatic nitrogens is 2. The van der Waals surface area contributed by atoms with Crippen LogP contribution in [-0.4, -0.2) is 39.2 Å². The van der Waals surface area contributed by atoms with E-state index in [2.05, 4.69) is 21.9 Å². The van der Waals surface area contributed by atoms with Crippen molar-refractivity contribution in [1.82, 2.24) is 14.9 Å². The van der Waals surface area contributed by atoms with Crippen LogP contribution in [0.4, 0.5) is 0 Å². The zero-order valence-electron chi connectivity index (χ0n) is 13.6. The predicted octanol–water partition coefficient (Wildman–Crippen LogP) is 4.64. The molecule has 2 saturated heterocycles. The number of fused-ring (bicyclic) bond motifs is 2. The average molecular weight is 362 g/mol. The lowest BCUT2D eigenvalue weighted by molar-refractivity contribution is 0.183. The van der Waals surface area contributed by atoms with Crippen molar-refractivity contribution in [2.75, 3.05) is 7.05 Å². The predicted molar refractivity (Wildman–Crippen MR) is 97.0 cm³/mol. The second-order valence-corrected chi connectivity index (χ2v) is 8.25. The molecule has 4 nitrogen and oxygen atoms in total. The van der Waals surface area contributed by atoms with E-state index in [1.165, 1.54) is 25.7 Å². The molecule has 126 valence electrons. The lowest BCUT2D eigenvalue weighted by Gasteiger charge is -2.36. The van der Waals surface area contributed by atoms with Crippen LogP contribution < -0.4 is 4.74 Å². The van der Waals surface area contributed by atoms with Crippen LogP contribution in [0.1, 0.15) is 25.7 Å². The molecule has 0 aliphatic carbocycles. The molecule has 24 heavy (non-hydrogen) atoms. The number of nitrogens with zero attached hydrogens (tertiary/aromatic N) is 3. The summed E-state index contributed by atoms with van der Waals surface area (Å²) in [5.41, 5.74) is 0. The highest BCUT2D eigenvalue weighted by molar-refractivity contribution is 8.00. The van der Waals surface area contributed by atoms with Gasteiger partial charge in [-0.3, -0.25) is 4.98 Å². The van der Waals surface area contributed by atoms with Gasteiger partial charge in [-0.2, -0.15) is 0 Å². The van der Waals surface area contributed by atoms with E-state index in [1.807, 2.05) is 30.0 Å². The first-order valence-corrected chi connectivity index (χ1v) is 9.57. The quantitative estimate of drug-likeness (QED) is 0.793. The van der Waals surface area contributed by atoms with E-state index in [4.69, 9.17) is 16.3 Å². The molecule has 0 N–H and O–H groups in total. The maximum atomic E-state index is 6.42. The number of rotatable bonds is 4. The Morgan fingerprint density at radius 3 is 2.71 bits per heavy atom. The SMILES string of the molecule is CN1[C@@H]2CC[C@H]1CC(Sc1cc(Oc3cnccn3)ccc1Cl)C2. The van der Waals surface area contributed by atoms with Crippen molar-refractivity contribution in [1.29, 1.82) is 0 Å². The molecule has 2 aliphatic heterocycles. The maximum absolute atomic E-state index is 6.42. The number of hydrogen-bond donors (Lipinski definition) is 0. The fourth-order valence-electron chi connectivity index (χ4n) is 3.73. The van der Waals surface area contributed by atoms with Gasteiger partial charge in [0.15, 0.2) is 0 Å². The Labute approximate surface area is 151 Å². The standard InChI is InChI=1S/C18H20ClN3OS/c1-22-12-2-3-13(22)9-15(8-12)24-17-10-14(4-5-16(17)19)23-18-11-20-6-7-21-18/h4-7,10-13,15H,2-3,8-9H2,1H3/t12-,13+,15?. The van der Waals surface area contributed by atoms with Gasteiger partial charge < -0.3 is 9.64 Å². The highest BCUT2D eigenvalue weighted by Crippen LogP contribution is 2.43. The molecule has 1 aromatic carbocycles. The second kappa shape index (κ2) is 6.90. The van der Waals surface area contributed by atoms with Gasteiger partial charge in [0.05, 0.1) is 11.2 Å². The van der Waals surface area contributed by atoms with Crippen molar-refractivity contribution in [3.63, 3.8) is 0 Å². The van der Waals surface area contributed by atoms with E-state index in [0.717, 1.165) is 27.8 Å². The first kappa shape index (κ1) is 16.2. The molecule has 0 amide bonds. The van der Waals surface area contributed by atoms with Gasteiger partial charge in [0.1, 0.15) is 5.75 Å². The van der Waals surface area contributed by atoms with Crippen LogP contribution in [0.5, 0.6) is 11.6 Å². The van der Waals surface area contributed by atoms with Crippen LogP contribution >= 0.6 is 23.4 Å². The number of halogens is 1. The van der Waals surface area contributed by atoms with Crippen LogP contribution in [0.25, 0.3) is 0 Å². The molecule has 2 aromatic rings. The first-order chi connectivity index (χ1) is 11.7. The summed E-state index contributed by atoms with van der Waals surface area (Å²) >= 11 is 8.31. The minimum absolute atomic E-state index is 0.494. The van der Waals surface area contributed by atoms with Crippen LogP contribution in [-0.2, 0) is 0 Å². The largest absolute Gasteiger partial charge is 0.437 e. The number of piperidine rings is 1. The molecule has 6 heteroatoms. The van der Waals surface area contributed by atoms with Gasteiger partial charge in [-0.15, -0.1) is 11.8 Å². The maximum Gasteiger partial charge on any atom is 0.237 e. The van der Waals surface area contributed by atoms with Crippen molar-refractivity contribution < 1.29 is 4.74 Å². The van der Waals surface area contributed by atoms with E-state index >= 15 is 0 Å². The molecule has 3 atom stereocenters. The Morgan fingerprint density at radius 1 is 1.21 bits per heavy atom. The van der Waals surface area contributed by atoms with Gasteiger partial charge in [-0.1, -0.05) is 11.6 Å². The third-order valence-electron chi connectivity index (χ3n) is 5.01. The summed E-state index contributed by atoms with van der Waals surface area (Å²) in [5.74, 6) is 1.24. The molecule has 3 heterocycles. The summed E-state index contributed by atoms with van der Waals surface area (Å²) in [6.07, 6.45) is 10.0. The van der Waals surface area contributed by atoms with Gasteiger partial charge in [-0.05, 0) is 50.9 Å². The van der Waals surface area contributed by atoms with E-state index < -0.39 is 0 Å². The number of hydrogen-bond acceptors (Lipinski definition) is 5. The van der Waals surface area contributed by atoms with E-state index in [9.17, 15) is 0 Å². The Kier molecular flexibility index (Phi) is 4.66. The zero-order chi connectivity index (χ0) is 16.5. The lowest BCUT2D eigenvalue weighted by atomic mass is 10.0. The average Bonchev–Trinajstić information content (AvgIpc) is 2.81. The third-order valence-corrected chi connectivity index (χ3v) is 6.76. The van der Waals surface area contributed by atoms with Crippen molar-refractivity contribution >= 4 is 23.4 Å². The molecule has 4 rings (SSSR count). The van der Waals surface area contributed by atoms with Crippen LogP contribution in [0.3, 0.4) is 0 Å². The normalized spacial score (nSPS) is 26.5. The summed E-state index contributed by atoms with van der Waals surface area (Å²) in [7, 11) is 2.27. The minimum atomic E-state index is 0.494. The Balaban J connectivity index is 1.48.